The van der Waals surface area contributed by atoms with Gasteiger partial charge in [0.1, 0.15) is 5.72 Å². The molecule has 0 N–H and O–H groups in total. The van der Waals surface area contributed by atoms with E-state index in [1.807, 2.05) is 18.7 Å². The normalized spacial score (nSPS) is 36.8. The van der Waals surface area contributed by atoms with Gasteiger partial charge in [-0.1, -0.05) is 6.92 Å². The van der Waals surface area contributed by atoms with Crippen LogP contribution in [0, 0.1) is 5.92 Å². The van der Waals surface area contributed by atoms with Gasteiger partial charge in [-0.25, -0.2) is 0 Å². The second kappa shape index (κ2) is 2.71. The quantitative estimate of drug-likeness (QED) is 0.614. The van der Waals surface area contributed by atoms with E-state index in [0.29, 0.717) is 6.04 Å². The van der Waals surface area contributed by atoms with Gasteiger partial charge in [-0.05, 0) is 26.7 Å². The molecule has 0 saturated carbocycles. The topological polar surface area (TPSA) is 29.5 Å². The zero-order valence-corrected chi connectivity index (χ0v) is 8.54. The van der Waals surface area contributed by atoms with Crippen molar-refractivity contribution in [2.24, 2.45) is 5.92 Å². The molecule has 1 amide bonds. The van der Waals surface area contributed by atoms with Crippen LogP contribution in [0.25, 0.3) is 0 Å². The Morgan fingerprint density at radius 3 is 2.85 bits per heavy atom. The zero-order chi connectivity index (χ0) is 9.64. The molecule has 0 spiro atoms. The summed E-state index contributed by atoms with van der Waals surface area (Å²) in [6.07, 6.45) is 1.95. The number of ether oxygens (including phenoxy) is 1. The molecule has 2 heterocycles. The number of amides is 1. The Morgan fingerprint density at radius 2 is 2.31 bits per heavy atom. The predicted molar refractivity (Wildman–Crippen MR) is 49.1 cm³/mol. The van der Waals surface area contributed by atoms with Gasteiger partial charge in [0.15, 0.2) is 0 Å². The largest absolute Gasteiger partial charge is 0.354 e. The van der Waals surface area contributed by atoms with Crippen LogP contribution in [0.4, 0.5) is 0 Å². The number of carbonyl (C=O) groups excluding carboxylic acids is 1. The molecule has 2 saturated heterocycles. The number of nitrogens with zero attached hydrogens (tertiary/aromatic N) is 1. The van der Waals surface area contributed by atoms with E-state index >= 15 is 0 Å². The molecule has 3 heteroatoms. The second-order valence-electron chi connectivity index (χ2n) is 4.46. The molecule has 0 radical (unpaired) electrons. The van der Waals surface area contributed by atoms with Crippen LogP contribution in [-0.2, 0) is 9.53 Å². The maximum atomic E-state index is 11.9. The highest BCUT2D eigenvalue weighted by Crippen LogP contribution is 2.38. The molecule has 0 aliphatic carbocycles. The molecule has 2 fully saturated rings. The number of fused-ring (bicyclic) bond motifs is 1. The van der Waals surface area contributed by atoms with Crippen LogP contribution in [0.15, 0.2) is 0 Å². The first kappa shape index (κ1) is 9.00. The fraction of sp³-hybridized carbons (Fsp3) is 0.900. The van der Waals surface area contributed by atoms with Crippen LogP contribution >= 0.6 is 0 Å². The van der Waals surface area contributed by atoms with Crippen molar-refractivity contribution in [1.82, 2.24) is 4.90 Å². The highest BCUT2D eigenvalue weighted by Gasteiger charge is 2.50. The molecule has 74 valence electrons. The minimum Gasteiger partial charge on any atom is -0.354 e. The summed E-state index contributed by atoms with van der Waals surface area (Å²) >= 11 is 0. The summed E-state index contributed by atoms with van der Waals surface area (Å²) < 4.78 is 5.58. The summed E-state index contributed by atoms with van der Waals surface area (Å²) in [6.45, 7) is 6.75. The van der Waals surface area contributed by atoms with E-state index in [1.165, 1.54) is 0 Å². The van der Waals surface area contributed by atoms with Crippen LogP contribution in [0.5, 0.6) is 0 Å². The number of carbonyl (C=O) groups is 1. The summed E-state index contributed by atoms with van der Waals surface area (Å²) in [7, 11) is 0. The lowest BCUT2D eigenvalue weighted by molar-refractivity contribution is -0.144. The van der Waals surface area contributed by atoms with Crippen LogP contribution < -0.4 is 0 Å². The van der Waals surface area contributed by atoms with Crippen LogP contribution in [-0.4, -0.2) is 29.2 Å². The van der Waals surface area contributed by atoms with Gasteiger partial charge in [0, 0.05) is 5.92 Å². The third-order valence-electron chi connectivity index (χ3n) is 3.21. The monoisotopic (exact) mass is 183 g/mol. The van der Waals surface area contributed by atoms with Crippen molar-refractivity contribution in [3.63, 3.8) is 0 Å². The lowest BCUT2D eigenvalue weighted by atomic mass is 10.0. The molecular weight excluding hydrogens is 166 g/mol. The molecule has 0 aromatic rings. The van der Waals surface area contributed by atoms with Gasteiger partial charge in [-0.15, -0.1) is 0 Å². The fourth-order valence-electron chi connectivity index (χ4n) is 2.47. The Bertz CT molecular complexity index is 237. The SMILES string of the molecule is CC[C@@H]1C[C@H]2COC(C)(C)N2C1=O. The predicted octanol–water partition coefficient (Wildman–Crippen LogP) is 1.38. The smallest absolute Gasteiger partial charge is 0.228 e. The Kier molecular flexibility index (Phi) is 1.88. The molecule has 2 aliphatic rings. The zero-order valence-electron chi connectivity index (χ0n) is 8.54. The van der Waals surface area contributed by atoms with Gasteiger partial charge in [-0.2, -0.15) is 0 Å². The van der Waals surface area contributed by atoms with Crippen LogP contribution in [0.2, 0.25) is 0 Å². The Labute approximate surface area is 79.0 Å². The molecule has 0 aromatic heterocycles. The maximum Gasteiger partial charge on any atom is 0.228 e. The molecule has 3 nitrogen and oxygen atoms in total. The first-order valence-corrected chi connectivity index (χ1v) is 5.03. The van der Waals surface area contributed by atoms with Gasteiger partial charge in [-0.3, -0.25) is 4.79 Å². The van der Waals surface area contributed by atoms with Crippen LogP contribution in [0.3, 0.4) is 0 Å². The summed E-state index contributed by atoms with van der Waals surface area (Å²) in [4.78, 5) is 13.8. The lowest BCUT2D eigenvalue weighted by Crippen LogP contribution is -2.44. The lowest BCUT2D eigenvalue weighted by Gasteiger charge is -2.29. The highest BCUT2D eigenvalue weighted by molar-refractivity contribution is 5.82. The molecule has 2 rings (SSSR count). The number of hydrogen-bond acceptors (Lipinski definition) is 2. The van der Waals surface area contributed by atoms with E-state index in [9.17, 15) is 4.79 Å². The summed E-state index contributed by atoms with van der Waals surface area (Å²) in [5.74, 6) is 0.531. The minimum atomic E-state index is -0.369. The van der Waals surface area contributed by atoms with Gasteiger partial charge < -0.3 is 9.64 Å². The summed E-state index contributed by atoms with van der Waals surface area (Å²) in [6, 6.07) is 0.340. The average Bonchev–Trinajstić information content (AvgIpc) is 2.52. The minimum absolute atomic E-state index is 0.244. The molecule has 0 aromatic carbocycles. The first-order valence-electron chi connectivity index (χ1n) is 5.03. The molecular formula is C10H17NO2. The maximum absolute atomic E-state index is 11.9. The van der Waals surface area contributed by atoms with Crippen molar-refractivity contribution in [2.75, 3.05) is 6.61 Å². The Balaban J connectivity index is 2.22. The fourth-order valence-corrected chi connectivity index (χ4v) is 2.47. The van der Waals surface area contributed by atoms with Crippen molar-refractivity contribution >= 4 is 5.91 Å². The van der Waals surface area contributed by atoms with E-state index in [4.69, 9.17) is 4.74 Å². The number of rotatable bonds is 1. The van der Waals surface area contributed by atoms with Crippen LogP contribution in [0.1, 0.15) is 33.6 Å². The molecule has 2 atom stereocenters. The van der Waals surface area contributed by atoms with Crippen molar-refractivity contribution in [2.45, 2.75) is 45.4 Å². The van der Waals surface area contributed by atoms with Gasteiger partial charge in [0.05, 0.1) is 12.6 Å². The van der Waals surface area contributed by atoms with E-state index in [-0.39, 0.29) is 17.6 Å². The Morgan fingerprint density at radius 1 is 1.62 bits per heavy atom. The third kappa shape index (κ3) is 1.17. The van der Waals surface area contributed by atoms with Crippen molar-refractivity contribution < 1.29 is 9.53 Å². The van der Waals surface area contributed by atoms with Gasteiger partial charge in [0.25, 0.3) is 0 Å². The molecule has 0 bridgehead atoms. The van der Waals surface area contributed by atoms with E-state index in [2.05, 4.69) is 6.92 Å². The molecule has 2 aliphatic heterocycles. The average molecular weight is 183 g/mol. The molecule has 13 heavy (non-hydrogen) atoms. The van der Waals surface area contributed by atoms with Gasteiger partial charge in [0.2, 0.25) is 5.91 Å². The van der Waals surface area contributed by atoms with E-state index < -0.39 is 0 Å². The highest BCUT2D eigenvalue weighted by atomic mass is 16.5. The standard InChI is InChI=1S/C10H17NO2/c1-4-7-5-8-6-13-10(2,3)11(8)9(7)12/h7-8H,4-6H2,1-3H3/t7-,8+/m1/s1. The molecule has 0 unspecified atom stereocenters. The van der Waals surface area contributed by atoms with Crippen molar-refractivity contribution in [3.05, 3.63) is 0 Å². The summed E-state index contributed by atoms with van der Waals surface area (Å²) in [5.41, 5.74) is -0.369. The Hall–Kier alpha value is -0.570. The van der Waals surface area contributed by atoms with Crippen molar-refractivity contribution in [3.8, 4) is 0 Å². The van der Waals surface area contributed by atoms with Crippen molar-refractivity contribution in [1.29, 1.82) is 0 Å². The van der Waals surface area contributed by atoms with Gasteiger partial charge >= 0.3 is 0 Å². The van der Waals surface area contributed by atoms with E-state index in [1.54, 1.807) is 0 Å². The summed E-state index contributed by atoms with van der Waals surface area (Å²) in [5, 5.41) is 0. The van der Waals surface area contributed by atoms with E-state index in [0.717, 1.165) is 19.4 Å². The number of hydrogen-bond donors (Lipinski definition) is 0. The first-order chi connectivity index (χ1) is 6.06. The second-order valence-corrected chi connectivity index (χ2v) is 4.46. The third-order valence-corrected chi connectivity index (χ3v) is 3.21.